The van der Waals surface area contributed by atoms with E-state index in [4.69, 9.17) is 4.74 Å². The van der Waals surface area contributed by atoms with Crippen LogP contribution in [-0.2, 0) is 19.1 Å². The number of rotatable bonds is 7. The third kappa shape index (κ3) is 6.35. The van der Waals surface area contributed by atoms with Gasteiger partial charge in [0.25, 0.3) is 0 Å². The van der Waals surface area contributed by atoms with Crippen LogP contribution in [0.4, 0.5) is 23.7 Å². The Bertz CT molecular complexity index is 905. The molecule has 0 fully saturated rings. The lowest BCUT2D eigenvalue weighted by Gasteiger charge is -2.30. The summed E-state index contributed by atoms with van der Waals surface area (Å²) < 4.78 is 44.3. The maximum atomic E-state index is 13.0. The van der Waals surface area contributed by atoms with Crippen molar-refractivity contribution in [2.45, 2.75) is 32.2 Å². The van der Waals surface area contributed by atoms with Crippen LogP contribution in [0.15, 0.2) is 42.5 Å². The number of aliphatic hydroxyl groups is 1. The fourth-order valence-electron chi connectivity index (χ4n) is 3.53. The molecule has 9 heteroatoms. The summed E-state index contributed by atoms with van der Waals surface area (Å²) in [5.74, 6) is 0.137. The highest BCUT2D eigenvalue weighted by Gasteiger charge is 2.31. The molecule has 0 bridgehead atoms. The zero-order valence-corrected chi connectivity index (χ0v) is 17.2. The van der Waals surface area contributed by atoms with Crippen LogP contribution in [-0.4, -0.2) is 48.4 Å². The summed E-state index contributed by atoms with van der Waals surface area (Å²) in [6.07, 6.45) is -4.46. The quantitative estimate of drug-likeness (QED) is 0.618. The molecule has 1 heterocycles. The zero-order valence-electron chi connectivity index (χ0n) is 17.2. The van der Waals surface area contributed by atoms with Crippen molar-refractivity contribution in [3.8, 4) is 5.75 Å². The molecule has 2 amide bonds. The highest BCUT2D eigenvalue weighted by molar-refractivity contribution is 5.91. The molecule has 0 radical (unpaired) electrons. The molecule has 2 aromatic rings. The highest BCUT2D eigenvalue weighted by Crippen LogP contribution is 2.35. The van der Waals surface area contributed by atoms with Crippen LogP contribution in [0.5, 0.6) is 5.75 Å². The van der Waals surface area contributed by atoms with Crippen molar-refractivity contribution in [3.63, 3.8) is 0 Å². The number of benzene rings is 2. The highest BCUT2D eigenvalue weighted by atomic mass is 19.4. The average Bonchev–Trinajstić information content (AvgIpc) is 2.73. The van der Waals surface area contributed by atoms with Gasteiger partial charge in [0.1, 0.15) is 5.75 Å². The summed E-state index contributed by atoms with van der Waals surface area (Å²) >= 11 is 0. The third-order valence-electron chi connectivity index (χ3n) is 5.03. The van der Waals surface area contributed by atoms with Crippen molar-refractivity contribution in [1.82, 2.24) is 10.2 Å². The van der Waals surface area contributed by atoms with Gasteiger partial charge in [-0.25, -0.2) is 4.79 Å². The van der Waals surface area contributed by atoms with Crippen molar-refractivity contribution in [3.05, 3.63) is 59.2 Å². The lowest BCUT2D eigenvalue weighted by atomic mass is 10.00. The number of carbonyl (C=O) groups is 1. The number of fused-ring (bicyclic) bond motifs is 1. The summed E-state index contributed by atoms with van der Waals surface area (Å²) in [4.78, 5) is 14.3. The monoisotopic (exact) mass is 437 g/mol. The molecule has 0 spiro atoms. The average molecular weight is 437 g/mol. The molecule has 0 aliphatic carbocycles. The molecule has 3 rings (SSSR count). The van der Waals surface area contributed by atoms with Gasteiger partial charge in [0.15, 0.2) is 0 Å². The molecule has 2 aromatic carbocycles. The van der Waals surface area contributed by atoms with E-state index in [1.54, 1.807) is 6.92 Å². The number of carbonyl (C=O) groups excluding carboxylic acids is 1. The largest absolute Gasteiger partial charge is 0.492 e. The van der Waals surface area contributed by atoms with Gasteiger partial charge in [-0.15, -0.1) is 0 Å². The van der Waals surface area contributed by atoms with Crippen LogP contribution < -0.4 is 15.4 Å². The van der Waals surface area contributed by atoms with Crippen molar-refractivity contribution < 1.29 is 27.8 Å². The predicted octanol–water partition coefficient (Wildman–Crippen LogP) is 3.64. The number of amides is 2. The normalized spacial score (nSPS) is 15.1. The molecule has 3 N–H and O–H groups in total. The van der Waals surface area contributed by atoms with Gasteiger partial charge in [0.05, 0.1) is 24.0 Å². The number of hydrogen-bond donors (Lipinski definition) is 3. The van der Waals surface area contributed by atoms with E-state index in [0.717, 1.165) is 31.6 Å². The van der Waals surface area contributed by atoms with Gasteiger partial charge < -0.3 is 20.5 Å². The molecule has 0 aromatic heterocycles. The number of nitrogens with zero attached hydrogens (tertiary/aromatic N) is 1. The number of β-amino-alcohol motifs (C(OH)–C–C–N with tert-alkyl or cyclic N) is 1. The molecule has 1 unspecified atom stereocenters. The second-order valence-electron chi connectivity index (χ2n) is 7.38. The van der Waals surface area contributed by atoms with Crippen LogP contribution in [0, 0.1) is 0 Å². The number of ether oxygens (including phenoxy) is 1. The first-order chi connectivity index (χ1) is 14.8. The number of urea groups is 1. The number of aliphatic hydroxyl groups excluding tert-OH is 1. The van der Waals surface area contributed by atoms with Crippen molar-refractivity contribution >= 4 is 11.7 Å². The molecule has 168 valence electrons. The van der Waals surface area contributed by atoms with Crippen LogP contribution in [0.1, 0.15) is 23.6 Å². The van der Waals surface area contributed by atoms with Crippen molar-refractivity contribution in [2.24, 2.45) is 0 Å². The number of alkyl halides is 3. The van der Waals surface area contributed by atoms with E-state index in [2.05, 4.69) is 27.7 Å². The molecule has 31 heavy (non-hydrogen) atoms. The number of nitrogens with one attached hydrogen (secondary N) is 2. The van der Waals surface area contributed by atoms with Gasteiger partial charge in [-0.05, 0) is 42.7 Å². The van der Waals surface area contributed by atoms with Crippen molar-refractivity contribution in [2.75, 3.05) is 31.6 Å². The Morgan fingerprint density at radius 1 is 1.23 bits per heavy atom. The Hall–Kier alpha value is -2.78. The second-order valence-corrected chi connectivity index (χ2v) is 7.38. The number of hydrogen-bond acceptors (Lipinski definition) is 4. The van der Waals surface area contributed by atoms with Gasteiger partial charge in [0.2, 0.25) is 0 Å². The fourth-order valence-corrected chi connectivity index (χ4v) is 3.53. The van der Waals surface area contributed by atoms with Gasteiger partial charge in [-0.1, -0.05) is 24.3 Å². The third-order valence-corrected chi connectivity index (χ3v) is 5.03. The van der Waals surface area contributed by atoms with Crippen molar-refractivity contribution in [1.29, 1.82) is 0 Å². The Morgan fingerprint density at radius 2 is 1.97 bits per heavy atom. The van der Waals surface area contributed by atoms with Crippen LogP contribution in [0.25, 0.3) is 0 Å². The minimum absolute atomic E-state index is 0.0348. The first-order valence-electron chi connectivity index (χ1n) is 10.1. The van der Waals surface area contributed by atoms with Gasteiger partial charge in [-0.2, -0.15) is 13.2 Å². The number of anilines is 1. The molecule has 6 nitrogen and oxygen atoms in total. The van der Waals surface area contributed by atoms with Crippen LogP contribution >= 0.6 is 0 Å². The molecule has 0 saturated carbocycles. The smallest absolute Gasteiger partial charge is 0.416 e. The molecule has 1 atom stereocenters. The molecular formula is C22H26F3N3O3. The first kappa shape index (κ1) is 22.9. The minimum atomic E-state index is -4.54. The molecule has 1 aliphatic rings. The summed E-state index contributed by atoms with van der Waals surface area (Å²) in [5.41, 5.74) is 1.55. The van der Waals surface area contributed by atoms with Gasteiger partial charge in [-0.3, -0.25) is 4.90 Å². The second kappa shape index (κ2) is 10.0. The van der Waals surface area contributed by atoms with Crippen LogP contribution in [0.3, 0.4) is 0 Å². The Labute approximate surface area is 179 Å². The van der Waals surface area contributed by atoms with Gasteiger partial charge >= 0.3 is 12.2 Å². The Morgan fingerprint density at radius 3 is 2.68 bits per heavy atom. The van der Waals surface area contributed by atoms with E-state index in [1.165, 1.54) is 17.2 Å². The fraction of sp³-hybridized carbons (Fsp3) is 0.409. The van der Waals surface area contributed by atoms with E-state index in [1.807, 2.05) is 12.1 Å². The lowest BCUT2D eigenvalue weighted by molar-refractivity contribution is -0.137. The predicted molar refractivity (Wildman–Crippen MR) is 111 cm³/mol. The molecular weight excluding hydrogens is 411 g/mol. The summed E-state index contributed by atoms with van der Waals surface area (Å²) in [5, 5.41) is 15.2. The maximum absolute atomic E-state index is 13.0. The topological polar surface area (TPSA) is 73.8 Å². The summed E-state index contributed by atoms with van der Waals surface area (Å²) in [7, 11) is 0. The summed E-state index contributed by atoms with van der Waals surface area (Å²) in [6.45, 7) is 3.80. The van der Waals surface area contributed by atoms with Gasteiger partial charge in [0, 0.05) is 26.2 Å². The Kier molecular flexibility index (Phi) is 7.40. The SMILES string of the molecule is CCOc1ccc(C(F)(F)F)cc1NC(=O)NCC(O)CN1CCc2ccccc2C1. The van der Waals surface area contributed by atoms with Crippen LogP contribution in [0.2, 0.25) is 0 Å². The zero-order chi connectivity index (χ0) is 22.4. The van der Waals surface area contributed by atoms with E-state index in [0.29, 0.717) is 6.54 Å². The van der Waals surface area contributed by atoms with E-state index < -0.39 is 23.9 Å². The number of halogens is 3. The van der Waals surface area contributed by atoms with E-state index >= 15 is 0 Å². The maximum Gasteiger partial charge on any atom is 0.416 e. The summed E-state index contributed by atoms with van der Waals surface area (Å²) in [6, 6.07) is 10.3. The minimum Gasteiger partial charge on any atom is -0.492 e. The molecule has 1 aliphatic heterocycles. The first-order valence-corrected chi connectivity index (χ1v) is 10.1. The lowest BCUT2D eigenvalue weighted by Crippen LogP contribution is -2.43. The molecule has 0 saturated heterocycles. The standard InChI is InChI=1S/C22H26F3N3O3/c1-2-31-20-8-7-17(22(23,24)25)11-19(20)27-21(30)26-12-18(29)14-28-10-9-15-5-3-4-6-16(15)13-28/h3-8,11,18,29H,2,9-10,12-14H2,1H3,(H2,26,27,30). The van der Waals surface area contributed by atoms with E-state index in [-0.39, 0.29) is 24.6 Å². The van der Waals surface area contributed by atoms with E-state index in [9.17, 15) is 23.1 Å². The Balaban J connectivity index is 1.53.